The van der Waals surface area contributed by atoms with Gasteiger partial charge in [0.15, 0.2) is 0 Å². The zero-order valence-corrected chi connectivity index (χ0v) is 19.1. The Balaban J connectivity index is 1.55. The minimum atomic E-state index is -1.05. The Bertz CT molecular complexity index is 1550. The highest BCUT2D eigenvalue weighted by atomic mass is 32.1. The van der Waals surface area contributed by atoms with E-state index in [9.17, 15) is 14.7 Å². The monoisotopic (exact) mass is 462 g/mol. The van der Waals surface area contributed by atoms with Crippen molar-refractivity contribution in [2.24, 2.45) is 7.05 Å². The number of pyridine rings is 1. The lowest BCUT2D eigenvalue weighted by Crippen LogP contribution is -2.27. The maximum absolute atomic E-state index is 13.1. The van der Waals surface area contributed by atoms with Crippen molar-refractivity contribution in [3.63, 3.8) is 0 Å². The van der Waals surface area contributed by atoms with Crippen LogP contribution >= 0.6 is 11.3 Å². The SMILES string of the molecule is Cn1c(=O)[nH]c2cc3nc(NC(=O)c4ccc(-c5ccncc5)s4)n(CC(C)(C)O)c3cc21. The number of hydrogen-bond acceptors (Lipinski definition) is 6. The third-order valence-corrected chi connectivity index (χ3v) is 6.47. The van der Waals surface area contributed by atoms with Gasteiger partial charge in [-0.25, -0.2) is 9.78 Å². The molecule has 168 valence electrons. The van der Waals surface area contributed by atoms with Gasteiger partial charge in [0.2, 0.25) is 5.95 Å². The second-order valence-corrected chi connectivity index (χ2v) is 9.62. The summed E-state index contributed by atoms with van der Waals surface area (Å²) in [5, 5.41) is 13.4. The molecule has 0 aliphatic carbocycles. The summed E-state index contributed by atoms with van der Waals surface area (Å²) in [4.78, 5) is 38.0. The van der Waals surface area contributed by atoms with Crippen molar-refractivity contribution in [3.8, 4) is 10.4 Å². The molecule has 1 aromatic carbocycles. The summed E-state index contributed by atoms with van der Waals surface area (Å²) in [6.45, 7) is 3.58. The number of carbonyl (C=O) groups is 1. The van der Waals surface area contributed by atoms with Gasteiger partial charge in [-0.1, -0.05) is 0 Å². The number of benzene rings is 1. The Morgan fingerprint density at radius 3 is 2.67 bits per heavy atom. The lowest BCUT2D eigenvalue weighted by atomic mass is 10.1. The molecular formula is C23H22N6O3S. The van der Waals surface area contributed by atoms with Crippen LogP contribution in [0.15, 0.2) is 53.6 Å². The number of amides is 1. The van der Waals surface area contributed by atoms with Crippen molar-refractivity contribution in [1.82, 2.24) is 24.1 Å². The second-order valence-electron chi connectivity index (χ2n) is 8.54. The summed E-state index contributed by atoms with van der Waals surface area (Å²) in [7, 11) is 1.68. The van der Waals surface area contributed by atoms with Crippen LogP contribution in [0.2, 0.25) is 0 Å². The van der Waals surface area contributed by atoms with E-state index >= 15 is 0 Å². The number of aliphatic hydroxyl groups is 1. The summed E-state index contributed by atoms with van der Waals surface area (Å²) in [5.74, 6) is 0.0409. The molecular weight excluding hydrogens is 440 g/mol. The van der Waals surface area contributed by atoms with Crippen molar-refractivity contribution < 1.29 is 9.90 Å². The second kappa shape index (κ2) is 7.68. The van der Waals surface area contributed by atoms with Crippen molar-refractivity contribution >= 4 is 45.3 Å². The molecule has 0 saturated carbocycles. The van der Waals surface area contributed by atoms with Gasteiger partial charge in [0.05, 0.1) is 39.1 Å². The van der Waals surface area contributed by atoms with Gasteiger partial charge in [0, 0.05) is 24.3 Å². The lowest BCUT2D eigenvalue weighted by Gasteiger charge is -2.20. The van der Waals surface area contributed by atoms with Crippen LogP contribution in [0.1, 0.15) is 23.5 Å². The molecule has 1 amide bonds. The van der Waals surface area contributed by atoms with E-state index in [1.807, 2.05) is 24.3 Å². The molecule has 0 radical (unpaired) electrons. The maximum Gasteiger partial charge on any atom is 0.326 e. The molecule has 33 heavy (non-hydrogen) atoms. The van der Waals surface area contributed by atoms with Gasteiger partial charge in [-0.2, -0.15) is 0 Å². The van der Waals surface area contributed by atoms with Crippen LogP contribution in [-0.4, -0.2) is 40.7 Å². The molecule has 0 atom stereocenters. The first-order chi connectivity index (χ1) is 15.7. The summed E-state index contributed by atoms with van der Waals surface area (Å²) >= 11 is 1.38. The number of nitrogens with zero attached hydrogens (tertiary/aromatic N) is 4. The minimum Gasteiger partial charge on any atom is -0.389 e. The molecule has 0 saturated heterocycles. The molecule has 9 nitrogen and oxygen atoms in total. The van der Waals surface area contributed by atoms with Gasteiger partial charge in [0.1, 0.15) is 0 Å². The number of hydrogen-bond donors (Lipinski definition) is 3. The number of fused-ring (bicyclic) bond motifs is 2. The van der Waals surface area contributed by atoms with E-state index in [1.54, 1.807) is 50.0 Å². The topological polar surface area (TPSA) is 118 Å². The van der Waals surface area contributed by atoms with Crippen molar-refractivity contribution in [2.75, 3.05) is 5.32 Å². The average Bonchev–Trinajstić information content (AvgIpc) is 3.45. The molecule has 4 heterocycles. The molecule has 0 spiro atoms. The number of nitrogens with one attached hydrogen (secondary N) is 2. The highest BCUT2D eigenvalue weighted by Crippen LogP contribution is 2.30. The fraction of sp³-hybridized carbons (Fsp3) is 0.217. The number of H-pyrrole nitrogens is 1. The number of carbonyl (C=O) groups excluding carboxylic acids is 1. The highest BCUT2D eigenvalue weighted by Gasteiger charge is 2.22. The Kier molecular flexibility index (Phi) is 4.91. The smallest absolute Gasteiger partial charge is 0.326 e. The lowest BCUT2D eigenvalue weighted by molar-refractivity contribution is 0.0630. The molecule has 5 rings (SSSR count). The normalized spacial score (nSPS) is 12.0. The number of thiophene rings is 1. The highest BCUT2D eigenvalue weighted by molar-refractivity contribution is 7.17. The van der Waals surface area contributed by atoms with Crippen LogP contribution < -0.4 is 11.0 Å². The number of rotatable bonds is 5. The van der Waals surface area contributed by atoms with E-state index in [0.29, 0.717) is 32.9 Å². The fourth-order valence-electron chi connectivity index (χ4n) is 3.78. The molecule has 4 aromatic heterocycles. The number of imidazole rings is 2. The van der Waals surface area contributed by atoms with Crippen LogP contribution in [0.5, 0.6) is 0 Å². The van der Waals surface area contributed by atoms with Gasteiger partial charge in [-0.15, -0.1) is 11.3 Å². The molecule has 5 aromatic rings. The van der Waals surface area contributed by atoms with E-state index in [4.69, 9.17) is 0 Å². The summed E-state index contributed by atoms with van der Waals surface area (Å²) in [6, 6.07) is 11.1. The van der Waals surface area contributed by atoms with E-state index in [-0.39, 0.29) is 18.1 Å². The number of aryl methyl sites for hydroxylation is 1. The van der Waals surface area contributed by atoms with E-state index in [1.165, 1.54) is 15.9 Å². The molecule has 0 fully saturated rings. The van der Waals surface area contributed by atoms with Crippen LogP contribution in [0, 0.1) is 0 Å². The number of aromatic nitrogens is 5. The maximum atomic E-state index is 13.1. The predicted octanol–water partition coefficient (Wildman–Crippen LogP) is 3.36. The summed E-state index contributed by atoms with van der Waals surface area (Å²) < 4.78 is 3.28. The van der Waals surface area contributed by atoms with Crippen molar-refractivity contribution in [2.45, 2.75) is 26.0 Å². The molecule has 0 aliphatic heterocycles. The van der Waals surface area contributed by atoms with Gasteiger partial charge < -0.3 is 14.7 Å². The van der Waals surface area contributed by atoms with E-state index in [2.05, 4.69) is 20.3 Å². The predicted molar refractivity (Wildman–Crippen MR) is 129 cm³/mol. The van der Waals surface area contributed by atoms with Gasteiger partial charge >= 0.3 is 5.69 Å². The third kappa shape index (κ3) is 3.94. The average molecular weight is 463 g/mol. The van der Waals surface area contributed by atoms with Crippen LogP contribution in [0.25, 0.3) is 32.5 Å². The van der Waals surface area contributed by atoms with Crippen molar-refractivity contribution in [1.29, 1.82) is 0 Å². The third-order valence-electron chi connectivity index (χ3n) is 5.34. The first kappa shape index (κ1) is 21.1. The summed E-state index contributed by atoms with van der Waals surface area (Å²) in [5.41, 5.74) is 2.39. The zero-order chi connectivity index (χ0) is 23.3. The molecule has 10 heteroatoms. The van der Waals surface area contributed by atoms with Crippen LogP contribution in [0.4, 0.5) is 5.95 Å². The summed E-state index contributed by atoms with van der Waals surface area (Å²) in [6.07, 6.45) is 3.43. The Morgan fingerprint density at radius 2 is 1.94 bits per heavy atom. The number of aromatic amines is 1. The van der Waals surface area contributed by atoms with Gasteiger partial charge in [-0.05, 0) is 55.8 Å². The van der Waals surface area contributed by atoms with Gasteiger partial charge in [0.25, 0.3) is 5.91 Å². The number of anilines is 1. The minimum absolute atomic E-state index is 0.204. The Labute approximate surface area is 192 Å². The first-order valence-corrected chi connectivity index (χ1v) is 11.1. The van der Waals surface area contributed by atoms with Crippen molar-refractivity contribution in [3.05, 3.63) is 64.2 Å². The largest absolute Gasteiger partial charge is 0.389 e. The Hall–Kier alpha value is -3.76. The molecule has 0 aliphatic rings. The van der Waals surface area contributed by atoms with E-state index in [0.717, 1.165) is 10.4 Å². The molecule has 0 bridgehead atoms. The molecule has 0 unspecified atom stereocenters. The first-order valence-electron chi connectivity index (χ1n) is 10.3. The van der Waals surface area contributed by atoms with Crippen LogP contribution in [-0.2, 0) is 13.6 Å². The van der Waals surface area contributed by atoms with Crippen LogP contribution in [0.3, 0.4) is 0 Å². The molecule has 3 N–H and O–H groups in total. The fourth-order valence-corrected chi connectivity index (χ4v) is 4.69. The standard InChI is InChI=1S/C23H22N6O3S/c1-23(2,32)12-29-17-11-16-14(26-22(31)28(16)3)10-15(17)25-21(29)27-20(30)19-5-4-18(33-19)13-6-8-24-9-7-13/h4-11,32H,12H2,1-3H3,(H,26,31)(H,25,27,30). The van der Waals surface area contributed by atoms with E-state index < -0.39 is 5.60 Å². The Morgan fingerprint density at radius 1 is 1.18 bits per heavy atom. The zero-order valence-electron chi connectivity index (χ0n) is 18.3. The van der Waals surface area contributed by atoms with Gasteiger partial charge in [-0.3, -0.25) is 19.7 Å². The quantitative estimate of drug-likeness (QED) is 0.370.